The molecule has 0 spiro atoms. The Morgan fingerprint density at radius 1 is 1.30 bits per heavy atom. The first-order valence-electron chi connectivity index (χ1n) is 5.79. The van der Waals surface area contributed by atoms with Crippen LogP contribution in [0, 0.1) is 0 Å². The normalized spacial score (nSPS) is 10.8. The molecule has 1 aliphatic heterocycles. The lowest BCUT2D eigenvalue weighted by atomic mass is 10.2. The molecule has 1 aliphatic carbocycles. The van der Waals surface area contributed by atoms with Crippen LogP contribution in [0.2, 0.25) is 0 Å². The molecule has 0 aromatic heterocycles. The number of hydrogen-bond donors (Lipinski definition) is 1. The molecule has 20 heavy (non-hydrogen) atoms. The number of ether oxygens (including phenoxy) is 1. The van der Waals surface area contributed by atoms with Crippen LogP contribution in [0.25, 0.3) is 22.6 Å². The SMILES string of the molecule is CC(=O)Oc1cc(=O)cc2oc3cc(O)ccc3nc1-2. The molecule has 0 saturated carbocycles. The van der Waals surface area contributed by atoms with E-state index in [0.717, 1.165) is 0 Å². The van der Waals surface area contributed by atoms with Gasteiger partial charge in [-0.25, -0.2) is 4.98 Å². The van der Waals surface area contributed by atoms with Crippen molar-refractivity contribution in [1.29, 1.82) is 0 Å². The summed E-state index contributed by atoms with van der Waals surface area (Å²) in [6.45, 7) is 1.24. The van der Waals surface area contributed by atoms with E-state index in [4.69, 9.17) is 9.15 Å². The summed E-state index contributed by atoms with van der Waals surface area (Å²) in [5.74, 6) is -0.282. The minimum atomic E-state index is -0.551. The Morgan fingerprint density at radius 3 is 2.85 bits per heavy atom. The van der Waals surface area contributed by atoms with Crippen LogP contribution in [-0.4, -0.2) is 16.1 Å². The smallest absolute Gasteiger partial charge is 0.308 e. The molecule has 1 heterocycles. The van der Waals surface area contributed by atoms with Crippen molar-refractivity contribution in [3.05, 3.63) is 40.6 Å². The Bertz CT molecular complexity index is 852. The summed E-state index contributed by atoms with van der Waals surface area (Å²) < 4.78 is 10.5. The number of aromatic hydroxyl groups is 1. The van der Waals surface area contributed by atoms with E-state index in [0.29, 0.717) is 11.1 Å². The molecule has 0 unspecified atom stereocenters. The van der Waals surface area contributed by atoms with E-state index in [1.165, 1.54) is 31.2 Å². The van der Waals surface area contributed by atoms with Crippen molar-refractivity contribution in [3.63, 3.8) is 0 Å². The van der Waals surface area contributed by atoms with Crippen LogP contribution < -0.4 is 10.2 Å². The topological polar surface area (TPSA) is 89.6 Å². The fourth-order valence-corrected chi connectivity index (χ4v) is 1.89. The molecule has 0 saturated heterocycles. The highest BCUT2D eigenvalue weighted by molar-refractivity contribution is 5.80. The molecule has 1 aromatic rings. The van der Waals surface area contributed by atoms with Gasteiger partial charge in [0.25, 0.3) is 0 Å². The lowest BCUT2D eigenvalue weighted by molar-refractivity contribution is -0.131. The predicted molar refractivity (Wildman–Crippen MR) is 69.9 cm³/mol. The number of esters is 1. The van der Waals surface area contributed by atoms with Crippen LogP contribution in [0.15, 0.2) is 39.5 Å². The quantitative estimate of drug-likeness (QED) is 0.413. The van der Waals surface area contributed by atoms with Gasteiger partial charge in [0, 0.05) is 25.1 Å². The third kappa shape index (κ3) is 2.07. The van der Waals surface area contributed by atoms with Crippen LogP contribution in [0.4, 0.5) is 0 Å². The number of aromatic nitrogens is 1. The summed E-state index contributed by atoms with van der Waals surface area (Å²) in [5.41, 5.74) is 0.719. The van der Waals surface area contributed by atoms with Gasteiger partial charge in [0.15, 0.2) is 22.5 Å². The van der Waals surface area contributed by atoms with Crippen molar-refractivity contribution in [2.45, 2.75) is 6.92 Å². The highest BCUT2D eigenvalue weighted by Crippen LogP contribution is 2.32. The van der Waals surface area contributed by atoms with E-state index in [1.807, 2.05) is 0 Å². The Balaban J connectivity index is 2.35. The predicted octanol–water partition coefficient (Wildman–Crippen LogP) is 1.92. The molecule has 0 amide bonds. The maximum atomic E-state index is 11.6. The number of rotatable bonds is 1. The molecule has 0 fully saturated rings. The van der Waals surface area contributed by atoms with Crippen LogP contribution in [0.5, 0.6) is 11.5 Å². The zero-order chi connectivity index (χ0) is 14.3. The second-order valence-corrected chi connectivity index (χ2v) is 4.23. The Labute approximate surface area is 112 Å². The average molecular weight is 271 g/mol. The number of carbonyl (C=O) groups excluding carboxylic acids is 1. The number of hydrogen-bond acceptors (Lipinski definition) is 6. The van der Waals surface area contributed by atoms with Crippen LogP contribution in [0.3, 0.4) is 0 Å². The Morgan fingerprint density at radius 2 is 2.10 bits per heavy atom. The lowest BCUT2D eigenvalue weighted by Gasteiger charge is -2.10. The van der Waals surface area contributed by atoms with Gasteiger partial charge in [-0.05, 0) is 12.1 Å². The van der Waals surface area contributed by atoms with Gasteiger partial charge in [0.1, 0.15) is 17.0 Å². The molecular weight excluding hydrogens is 262 g/mol. The second-order valence-electron chi connectivity index (χ2n) is 4.23. The molecule has 6 nitrogen and oxygen atoms in total. The fourth-order valence-electron chi connectivity index (χ4n) is 1.89. The summed E-state index contributed by atoms with van der Waals surface area (Å²) >= 11 is 0. The second kappa shape index (κ2) is 4.34. The molecule has 6 heteroatoms. The molecule has 0 atom stereocenters. The number of carbonyl (C=O) groups is 1. The summed E-state index contributed by atoms with van der Waals surface area (Å²) in [6.07, 6.45) is 0. The van der Waals surface area contributed by atoms with Crippen LogP contribution >= 0.6 is 0 Å². The molecule has 3 rings (SSSR count). The van der Waals surface area contributed by atoms with E-state index < -0.39 is 5.97 Å². The van der Waals surface area contributed by atoms with Gasteiger partial charge >= 0.3 is 5.97 Å². The monoisotopic (exact) mass is 271 g/mol. The number of phenolic OH excluding ortho intramolecular Hbond substituents is 1. The van der Waals surface area contributed by atoms with Gasteiger partial charge in [-0.3, -0.25) is 9.59 Å². The molecule has 1 N–H and O–H groups in total. The van der Waals surface area contributed by atoms with Crippen molar-refractivity contribution in [2.75, 3.05) is 0 Å². The van der Waals surface area contributed by atoms with Gasteiger partial charge in [-0.15, -0.1) is 0 Å². The van der Waals surface area contributed by atoms with Crippen molar-refractivity contribution < 1.29 is 19.1 Å². The maximum Gasteiger partial charge on any atom is 0.308 e. The fraction of sp³-hybridized carbons (Fsp3) is 0.0714. The first kappa shape index (κ1) is 12.2. The first-order chi connectivity index (χ1) is 9.52. The summed E-state index contributed by atoms with van der Waals surface area (Å²) in [4.78, 5) is 26.9. The first-order valence-corrected chi connectivity index (χ1v) is 5.79. The zero-order valence-electron chi connectivity index (χ0n) is 10.4. The number of benzene rings is 2. The number of nitrogens with zero attached hydrogens (tertiary/aromatic N) is 1. The summed E-state index contributed by atoms with van der Waals surface area (Å²) in [5, 5.41) is 9.41. The maximum absolute atomic E-state index is 11.6. The van der Waals surface area contributed by atoms with Crippen molar-refractivity contribution >= 4 is 17.1 Å². The largest absolute Gasteiger partial charge is 0.508 e. The van der Waals surface area contributed by atoms with E-state index in [1.54, 1.807) is 6.07 Å². The third-order valence-corrected chi connectivity index (χ3v) is 2.66. The molecule has 2 aliphatic rings. The zero-order valence-corrected chi connectivity index (χ0v) is 10.4. The molecule has 0 bridgehead atoms. The van der Waals surface area contributed by atoms with Gasteiger partial charge in [-0.1, -0.05) is 0 Å². The average Bonchev–Trinajstić information content (AvgIpc) is 2.35. The van der Waals surface area contributed by atoms with Crippen LogP contribution in [-0.2, 0) is 4.79 Å². The van der Waals surface area contributed by atoms with E-state index >= 15 is 0 Å². The number of phenols is 1. The van der Waals surface area contributed by atoms with Crippen LogP contribution in [0.1, 0.15) is 6.92 Å². The molecule has 100 valence electrons. The van der Waals surface area contributed by atoms with E-state index in [-0.39, 0.29) is 28.4 Å². The van der Waals surface area contributed by atoms with Crippen molar-refractivity contribution in [3.8, 4) is 23.0 Å². The minimum Gasteiger partial charge on any atom is -0.508 e. The summed E-state index contributed by atoms with van der Waals surface area (Å²) in [7, 11) is 0. The van der Waals surface area contributed by atoms with E-state index in [9.17, 15) is 14.7 Å². The van der Waals surface area contributed by atoms with Gasteiger partial charge in [0.05, 0.1) is 0 Å². The number of fused-ring (bicyclic) bond motifs is 2. The highest BCUT2D eigenvalue weighted by atomic mass is 16.5. The van der Waals surface area contributed by atoms with Crippen molar-refractivity contribution in [1.82, 2.24) is 4.98 Å². The molecular formula is C14H9NO5. The lowest BCUT2D eigenvalue weighted by Crippen LogP contribution is -2.09. The third-order valence-electron chi connectivity index (χ3n) is 2.66. The Hall–Kier alpha value is -2.89. The molecule has 0 radical (unpaired) electrons. The Kier molecular flexibility index (Phi) is 2.64. The van der Waals surface area contributed by atoms with Crippen molar-refractivity contribution in [2.24, 2.45) is 0 Å². The van der Waals surface area contributed by atoms with E-state index in [2.05, 4.69) is 4.98 Å². The van der Waals surface area contributed by atoms with Gasteiger partial charge < -0.3 is 14.3 Å². The van der Waals surface area contributed by atoms with Gasteiger partial charge in [0.2, 0.25) is 0 Å². The molecule has 1 aromatic carbocycles. The standard InChI is InChI=1S/C14H9NO5/c1-7(16)19-12-5-9(18)6-13-14(12)15-10-3-2-8(17)4-11(10)20-13/h2-6,17H,1H3. The summed E-state index contributed by atoms with van der Waals surface area (Å²) in [6, 6.07) is 6.85. The minimum absolute atomic E-state index is 0.0286. The highest BCUT2D eigenvalue weighted by Gasteiger charge is 2.17. The van der Waals surface area contributed by atoms with Gasteiger partial charge in [-0.2, -0.15) is 0 Å².